The average molecular weight is 259 g/mol. The molecule has 3 N–H and O–H groups in total. The highest BCUT2D eigenvalue weighted by Gasteiger charge is 2.20. The molecule has 2 rings (SSSR count). The van der Waals surface area contributed by atoms with Crippen molar-refractivity contribution in [3.63, 3.8) is 0 Å². The summed E-state index contributed by atoms with van der Waals surface area (Å²) in [5.74, 6) is -0.435. The van der Waals surface area contributed by atoms with Gasteiger partial charge in [-0.05, 0) is 5.56 Å². The van der Waals surface area contributed by atoms with Crippen LogP contribution in [0.15, 0.2) is 36.5 Å². The second-order valence-electron chi connectivity index (χ2n) is 4.16. The zero-order chi connectivity index (χ0) is 13.8. The zero-order valence-electron chi connectivity index (χ0n) is 11.0. The van der Waals surface area contributed by atoms with Gasteiger partial charge in [0.25, 0.3) is 0 Å². The Morgan fingerprint density at radius 2 is 2.05 bits per heavy atom. The van der Waals surface area contributed by atoms with E-state index in [1.54, 1.807) is 11.6 Å². The summed E-state index contributed by atoms with van der Waals surface area (Å²) in [4.78, 5) is 11.8. The highest BCUT2D eigenvalue weighted by molar-refractivity contribution is 5.97. The Labute approximate surface area is 112 Å². The molecule has 0 aliphatic carbocycles. The van der Waals surface area contributed by atoms with E-state index in [-0.39, 0.29) is 0 Å². The molecule has 0 aliphatic rings. The number of nitrogens with zero attached hydrogens (tertiary/aromatic N) is 1. The number of anilines is 2. The molecule has 2 aromatic rings. The van der Waals surface area contributed by atoms with Gasteiger partial charge in [0.05, 0.1) is 18.5 Å². The molecule has 0 unspecified atom stereocenters. The molecule has 0 saturated carbocycles. The van der Waals surface area contributed by atoms with Crippen molar-refractivity contribution in [1.29, 1.82) is 0 Å². The van der Waals surface area contributed by atoms with E-state index in [1.807, 2.05) is 36.5 Å². The third-order valence-corrected chi connectivity index (χ3v) is 2.96. The maximum absolute atomic E-state index is 11.8. The lowest BCUT2D eigenvalue weighted by Gasteiger charge is -2.08. The van der Waals surface area contributed by atoms with Crippen LogP contribution in [0.3, 0.4) is 0 Å². The Morgan fingerprint density at radius 1 is 1.37 bits per heavy atom. The van der Waals surface area contributed by atoms with Crippen molar-refractivity contribution in [3.05, 3.63) is 47.8 Å². The average Bonchev–Trinajstić information content (AvgIpc) is 2.75. The molecule has 0 spiro atoms. The van der Waals surface area contributed by atoms with Crippen molar-refractivity contribution in [2.24, 2.45) is 0 Å². The smallest absolute Gasteiger partial charge is 0.356 e. The number of hydrogen-bond acceptors (Lipinski definition) is 4. The van der Waals surface area contributed by atoms with Crippen molar-refractivity contribution in [2.45, 2.75) is 6.54 Å². The molecule has 0 aliphatic heterocycles. The lowest BCUT2D eigenvalue weighted by molar-refractivity contribution is 0.0590. The fraction of sp³-hybridized carbons (Fsp3) is 0.214. The monoisotopic (exact) mass is 259 g/mol. The van der Waals surface area contributed by atoms with Gasteiger partial charge in [-0.25, -0.2) is 4.79 Å². The van der Waals surface area contributed by atoms with Gasteiger partial charge in [0, 0.05) is 19.8 Å². The molecule has 5 heteroatoms. The van der Waals surface area contributed by atoms with Gasteiger partial charge in [0.2, 0.25) is 0 Å². The van der Waals surface area contributed by atoms with Gasteiger partial charge in [-0.15, -0.1) is 0 Å². The number of benzene rings is 1. The summed E-state index contributed by atoms with van der Waals surface area (Å²) < 4.78 is 6.58. The second-order valence-corrected chi connectivity index (χ2v) is 4.16. The van der Waals surface area contributed by atoms with E-state index in [0.29, 0.717) is 17.9 Å². The van der Waals surface area contributed by atoms with Gasteiger partial charge >= 0.3 is 5.97 Å². The third-order valence-electron chi connectivity index (χ3n) is 2.96. The topological polar surface area (TPSA) is 69.3 Å². The van der Waals surface area contributed by atoms with Gasteiger partial charge in [-0.2, -0.15) is 0 Å². The number of esters is 1. The normalized spacial score (nSPS) is 10.2. The van der Waals surface area contributed by atoms with Gasteiger partial charge in [0.15, 0.2) is 5.69 Å². The minimum absolute atomic E-state index is 0.371. The van der Waals surface area contributed by atoms with E-state index in [2.05, 4.69) is 5.32 Å². The summed E-state index contributed by atoms with van der Waals surface area (Å²) in [7, 11) is 3.11. The summed E-state index contributed by atoms with van der Waals surface area (Å²) in [5, 5.41) is 2.97. The van der Waals surface area contributed by atoms with Crippen LogP contribution in [0.4, 0.5) is 11.4 Å². The number of nitrogens with one attached hydrogen (secondary N) is 1. The van der Waals surface area contributed by atoms with Crippen molar-refractivity contribution in [2.75, 3.05) is 25.2 Å². The highest BCUT2D eigenvalue weighted by Crippen LogP contribution is 2.26. The summed E-state index contributed by atoms with van der Waals surface area (Å²) in [6.07, 6.45) is 1.81. The summed E-state index contributed by atoms with van der Waals surface area (Å²) >= 11 is 0. The molecule has 0 radical (unpaired) electrons. The molecule has 1 heterocycles. The van der Waals surface area contributed by atoms with Crippen LogP contribution in [-0.4, -0.2) is 24.7 Å². The summed E-state index contributed by atoms with van der Waals surface area (Å²) in [6.45, 7) is 0.567. The van der Waals surface area contributed by atoms with Crippen molar-refractivity contribution in [3.8, 4) is 0 Å². The van der Waals surface area contributed by atoms with Crippen LogP contribution in [0.5, 0.6) is 0 Å². The minimum Gasteiger partial charge on any atom is -0.464 e. The number of nitrogens with two attached hydrogens (primary N) is 1. The molecule has 0 saturated heterocycles. The number of aromatic nitrogens is 1. The minimum atomic E-state index is -0.435. The van der Waals surface area contributed by atoms with E-state index in [0.717, 1.165) is 11.3 Å². The molecular weight excluding hydrogens is 242 g/mol. The fourth-order valence-electron chi connectivity index (χ4n) is 2.00. The van der Waals surface area contributed by atoms with Gasteiger partial charge < -0.3 is 20.4 Å². The Balaban J connectivity index is 2.41. The van der Waals surface area contributed by atoms with Gasteiger partial charge in [-0.3, -0.25) is 0 Å². The first kappa shape index (κ1) is 13.0. The number of carbonyl (C=O) groups excluding carboxylic acids is 1. The first-order chi connectivity index (χ1) is 9.17. The van der Waals surface area contributed by atoms with E-state index in [9.17, 15) is 4.79 Å². The molecule has 1 aromatic carbocycles. The molecule has 0 bridgehead atoms. The van der Waals surface area contributed by atoms with Crippen LogP contribution < -0.4 is 11.1 Å². The third kappa shape index (κ3) is 2.54. The lowest BCUT2D eigenvalue weighted by Crippen LogP contribution is -2.12. The first-order valence-corrected chi connectivity index (χ1v) is 5.96. The molecule has 0 amide bonds. The molecular formula is C14H17N3O2. The van der Waals surface area contributed by atoms with Crippen molar-refractivity contribution >= 4 is 17.3 Å². The molecule has 5 nitrogen and oxygen atoms in total. The molecule has 1 aromatic heterocycles. The number of methoxy groups -OCH3 is 1. The standard InChI is InChI=1S/C14H17N3O2/c1-16-11-9-17(8-10-6-4-3-5-7-10)13(12(11)15)14(18)19-2/h3-7,9,16H,8,15H2,1-2H3. The first-order valence-electron chi connectivity index (χ1n) is 5.96. The second kappa shape index (κ2) is 5.48. The van der Waals surface area contributed by atoms with Crippen molar-refractivity contribution in [1.82, 2.24) is 4.57 Å². The maximum atomic E-state index is 11.8. The Morgan fingerprint density at radius 3 is 2.63 bits per heavy atom. The lowest BCUT2D eigenvalue weighted by atomic mass is 10.2. The Bertz CT molecular complexity index is 576. The molecule has 100 valence electrons. The van der Waals surface area contributed by atoms with Crippen molar-refractivity contribution < 1.29 is 9.53 Å². The number of carbonyl (C=O) groups is 1. The predicted molar refractivity (Wildman–Crippen MR) is 75.3 cm³/mol. The number of ether oxygens (including phenoxy) is 1. The Hall–Kier alpha value is -2.43. The summed E-state index contributed by atoms with van der Waals surface area (Å²) in [5.41, 5.74) is 8.55. The molecule has 0 atom stereocenters. The molecule has 19 heavy (non-hydrogen) atoms. The Kier molecular flexibility index (Phi) is 3.75. The van der Waals surface area contributed by atoms with Crippen LogP contribution in [-0.2, 0) is 11.3 Å². The number of rotatable bonds is 4. The largest absolute Gasteiger partial charge is 0.464 e. The quantitative estimate of drug-likeness (QED) is 0.823. The van der Waals surface area contributed by atoms with Crippen LogP contribution in [0.25, 0.3) is 0 Å². The molecule has 0 fully saturated rings. The van der Waals surface area contributed by atoms with Gasteiger partial charge in [0.1, 0.15) is 0 Å². The maximum Gasteiger partial charge on any atom is 0.356 e. The zero-order valence-corrected chi connectivity index (χ0v) is 11.0. The summed E-state index contributed by atoms with van der Waals surface area (Å²) in [6, 6.07) is 9.86. The van der Waals surface area contributed by atoms with E-state index < -0.39 is 5.97 Å². The number of hydrogen-bond donors (Lipinski definition) is 2. The SMILES string of the molecule is CNc1cn(Cc2ccccc2)c(C(=O)OC)c1N. The van der Waals surface area contributed by atoms with Crippen LogP contribution in [0.2, 0.25) is 0 Å². The van der Waals surface area contributed by atoms with Crippen LogP contribution >= 0.6 is 0 Å². The van der Waals surface area contributed by atoms with Crippen LogP contribution in [0.1, 0.15) is 16.1 Å². The van der Waals surface area contributed by atoms with E-state index in [4.69, 9.17) is 10.5 Å². The van der Waals surface area contributed by atoms with Gasteiger partial charge in [-0.1, -0.05) is 30.3 Å². The highest BCUT2D eigenvalue weighted by atomic mass is 16.5. The van der Waals surface area contributed by atoms with E-state index in [1.165, 1.54) is 7.11 Å². The van der Waals surface area contributed by atoms with Crippen LogP contribution in [0, 0.1) is 0 Å². The fourth-order valence-corrected chi connectivity index (χ4v) is 2.00. The number of nitrogen functional groups attached to an aromatic ring is 1. The predicted octanol–water partition coefficient (Wildman–Crippen LogP) is 1.95. The van der Waals surface area contributed by atoms with E-state index >= 15 is 0 Å².